The lowest BCUT2D eigenvalue weighted by Crippen LogP contribution is -2.53. The fourth-order valence-corrected chi connectivity index (χ4v) is 5.73. The smallest absolute Gasteiger partial charge is 0.0558 e. The average Bonchev–Trinajstić information content (AvgIpc) is 3.13. The van der Waals surface area contributed by atoms with Crippen molar-refractivity contribution in [3.05, 3.63) is 48.0 Å². The van der Waals surface area contributed by atoms with Gasteiger partial charge < -0.3 is 9.67 Å². The fraction of sp³-hybridized carbons (Fsp3) is 0.538. The Morgan fingerprint density at radius 3 is 2.32 bits per heavy atom. The third-order valence-electron chi connectivity index (χ3n) is 7.46. The molecule has 2 aliphatic heterocycles. The monoisotopic (exact) mass is 420 g/mol. The van der Waals surface area contributed by atoms with E-state index in [0.29, 0.717) is 0 Å². The fourth-order valence-electron chi connectivity index (χ4n) is 5.73. The summed E-state index contributed by atoms with van der Waals surface area (Å²) in [4.78, 5) is 7.72. The summed E-state index contributed by atoms with van der Waals surface area (Å²) in [6.07, 6.45) is 2.55. The average molecular weight is 421 g/mol. The first kappa shape index (κ1) is 21.0. The van der Waals surface area contributed by atoms with Gasteiger partial charge in [0.25, 0.3) is 0 Å². The van der Waals surface area contributed by atoms with Gasteiger partial charge in [0.05, 0.1) is 6.61 Å². The predicted octanol–water partition coefficient (Wildman–Crippen LogP) is 3.39. The van der Waals surface area contributed by atoms with E-state index in [4.69, 9.17) is 5.11 Å². The minimum absolute atomic E-state index is 0.281. The van der Waals surface area contributed by atoms with Gasteiger partial charge in [-0.1, -0.05) is 24.3 Å². The van der Waals surface area contributed by atoms with Crippen molar-refractivity contribution in [3.8, 4) is 0 Å². The first-order valence-electron chi connectivity index (χ1n) is 12.1. The van der Waals surface area contributed by atoms with Crippen LogP contribution in [-0.4, -0.2) is 82.8 Å². The van der Waals surface area contributed by atoms with Crippen molar-refractivity contribution in [2.45, 2.75) is 38.9 Å². The lowest BCUT2D eigenvalue weighted by molar-refractivity contribution is 0.0517. The highest BCUT2D eigenvalue weighted by molar-refractivity contribution is 6.08. The highest BCUT2D eigenvalue weighted by Gasteiger charge is 2.27. The summed E-state index contributed by atoms with van der Waals surface area (Å²) in [5, 5.41) is 11.9. The van der Waals surface area contributed by atoms with Crippen LogP contribution in [0.5, 0.6) is 0 Å². The molecule has 2 saturated heterocycles. The second kappa shape index (κ2) is 9.29. The number of piperazine rings is 1. The Hall–Kier alpha value is -1.92. The normalized spacial score (nSPS) is 20.2. The first-order chi connectivity index (χ1) is 15.3. The van der Waals surface area contributed by atoms with E-state index in [9.17, 15) is 0 Å². The molecule has 5 heteroatoms. The standard InChI is InChI=1S/C26H36N4O/c1-2-30-25-6-4-3-5-23(25)24-19-21(7-8-26(24)30)20-28-11-9-22(10-12-28)29-15-13-27(14-16-29)17-18-31/h3-8,19,22,31H,2,9-18,20H2,1H3. The minimum Gasteiger partial charge on any atom is -0.395 e. The largest absolute Gasteiger partial charge is 0.395 e. The number of likely N-dealkylation sites (tertiary alicyclic amines) is 1. The van der Waals surface area contributed by atoms with Crippen LogP contribution < -0.4 is 0 Å². The molecular weight excluding hydrogens is 384 g/mol. The number of aryl methyl sites for hydroxylation is 1. The molecule has 2 fully saturated rings. The zero-order chi connectivity index (χ0) is 21.2. The third kappa shape index (κ3) is 4.24. The third-order valence-corrected chi connectivity index (χ3v) is 7.46. The Bertz CT molecular complexity index is 1010. The van der Waals surface area contributed by atoms with Crippen molar-refractivity contribution in [1.82, 2.24) is 19.3 Å². The Morgan fingerprint density at radius 1 is 0.839 bits per heavy atom. The quantitative estimate of drug-likeness (QED) is 0.663. The number of β-amino-alcohol motifs (C(OH)–C–C–N with tert-alkyl or cyclic N) is 1. The molecule has 5 nitrogen and oxygen atoms in total. The molecule has 166 valence electrons. The van der Waals surface area contributed by atoms with Crippen LogP contribution in [0.15, 0.2) is 42.5 Å². The SMILES string of the molecule is CCn1c2ccccc2c2cc(CN3CCC(N4CCN(CCO)CC4)CC3)ccc21. The maximum atomic E-state index is 9.15. The summed E-state index contributed by atoms with van der Waals surface area (Å²) in [5.41, 5.74) is 4.13. The van der Waals surface area contributed by atoms with Gasteiger partial charge in [0.1, 0.15) is 0 Å². The maximum absolute atomic E-state index is 9.15. The molecule has 0 spiro atoms. The molecule has 0 amide bonds. The zero-order valence-corrected chi connectivity index (χ0v) is 18.8. The van der Waals surface area contributed by atoms with E-state index in [1.807, 2.05) is 0 Å². The van der Waals surface area contributed by atoms with Crippen molar-refractivity contribution in [2.24, 2.45) is 0 Å². The van der Waals surface area contributed by atoms with Gasteiger partial charge in [-0.25, -0.2) is 0 Å². The number of benzene rings is 2. The number of fused-ring (bicyclic) bond motifs is 3. The van der Waals surface area contributed by atoms with Gasteiger partial charge in [-0.05, 0) is 56.6 Å². The van der Waals surface area contributed by atoms with Crippen molar-refractivity contribution >= 4 is 21.8 Å². The van der Waals surface area contributed by atoms with Crippen LogP contribution in [0.25, 0.3) is 21.8 Å². The molecule has 1 aromatic heterocycles. The zero-order valence-electron chi connectivity index (χ0n) is 18.8. The summed E-state index contributed by atoms with van der Waals surface area (Å²) in [5.74, 6) is 0. The van der Waals surface area contributed by atoms with Crippen LogP contribution >= 0.6 is 0 Å². The Labute approximate surface area is 185 Å². The van der Waals surface area contributed by atoms with Crippen molar-refractivity contribution < 1.29 is 5.11 Å². The van der Waals surface area contributed by atoms with Crippen LogP contribution in [0.1, 0.15) is 25.3 Å². The van der Waals surface area contributed by atoms with Crippen molar-refractivity contribution in [2.75, 3.05) is 52.4 Å². The molecule has 5 rings (SSSR count). The summed E-state index contributed by atoms with van der Waals surface area (Å²) >= 11 is 0. The summed E-state index contributed by atoms with van der Waals surface area (Å²) in [7, 11) is 0. The van der Waals surface area contributed by atoms with Crippen molar-refractivity contribution in [1.29, 1.82) is 0 Å². The molecule has 2 aliphatic rings. The van der Waals surface area contributed by atoms with Gasteiger partial charge in [0.15, 0.2) is 0 Å². The number of aliphatic hydroxyl groups is 1. The van der Waals surface area contributed by atoms with Crippen LogP contribution in [0.4, 0.5) is 0 Å². The molecule has 0 atom stereocenters. The van der Waals surface area contributed by atoms with E-state index < -0.39 is 0 Å². The number of nitrogens with zero attached hydrogens (tertiary/aromatic N) is 4. The highest BCUT2D eigenvalue weighted by Crippen LogP contribution is 2.30. The van der Waals surface area contributed by atoms with Crippen molar-refractivity contribution in [3.63, 3.8) is 0 Å². The molecule has 0 bridgehead atoms. The number of para-hydroxylation sites is 1. The maximum Gasteiger partial charge on any atom is 0.0558 e. The molecule has 0 unspecified atom stereocenters. The highest BCUT2D eigenvalue weighted by atomic mass is 16.3. The summed E-state index contributed by atoms with van der Waals surface area (Å²) in [6, 6.07) is 16.6. The van der Waals surface area contributed by atoms with Crippen LogP contribution in [0.2, 0.25) is 0 Å². The number of piperidine rings is 1. The lowest BCUT2D eigenvalue weighted by Gasteiger charge is -2.42. The number of aliphatic hydroxyl groups excluding tert-OH is 1. The molecule has 0 aliphatic carbocycles. The van der Waals surface area contributed by atoms with Crippen LogP contribution in [0.3, 0.4) is 0 Å². The molecule has 3 aromatic rings. The molecule has 0 radical (unpaired) electrons. The van der Waals surface area contributed by atoms with E-state index in [-0.39, 0.29) is 6.61 Å². The predicted molar refractivity (Wildman–Crippen MR) is 129 cm³/mol. The molecular formula is C26H36N4O. The van der Waals surface area contributed by atoms with Crippen LogP contribution in [0, 0.1) is 0 Å². The Morgan fingerprint density at radius 2 is 1.58 bits per heavy atom. The van der Waals surface area contributed by atoms with E-state index >= 15 is 0 Å². The molecule has 2 aromatic carbocycles. The number of rotatable bonds is 6. The lowest BCUT2D eigenvalue weighted by atomic mass is 10.0. The Balaban J connectivity index is 1.22. The van der Waals surface area contributed by atoms with Gasteiger partial charge in [-0.3, -0.25) is 14.7 Å². The first-order valence-corrected chi connectivity index (χ1v) is 12.1. The molecule has 1 N–H and O–H groups in total. The van der Waals surface area contributed by atoms with Crippen LogP contribution in [-0.2, 0) is 13.1 Å². The number of hydrogen-bond acceptors (Lipinski definition) is 4. The Kier molecular flexibility index (Phi) is 6.28. The summed E-state index contributed by atoms with van der Waals surface area (Å²) < 4.78 is 2.43. The van der Waals surface area contributed by atoms with E-state index in [2.05, 4.69) is 68.7 Å². The minimum atomic E-state index is 0.281. The number of aromatic nitrogens is 1. The van der Waals surface area contributed by atoms with E-state index in [0.717, 1.165) is 51.9 Å². The summed E-state index contributed by atoms with van der Waals surface area (Å²) in [6.45, 7) is 12.3. The van der Waals surface area contributed by atoms with Gasteiger partial charge in [0, 0.05) is 73.7 Å². The van der Waals surface area contributed by atoms with Gasteiger partial charge in [-0.2, -0.15) is 0 Å². The topological polar surface area (TPSA) is 34.9 Å². The van der Waals surface area contributed by atoms with Gasteiger partial charge in [-0.15, -0.1) is 0 Å². The van der Waals surface area contributed by atoms with Gasteiger partial charge >= 0.3 is 0 Å². The second-order valence-corrected chi connectivity index (χ2v) is 9.22. The second-order valence-electron chi connectivity index (χ2n) is 9.22. The number of hydrogen-bond donors (Lipinski definition) is 1. The molecule has 31 heavy (non-hydrogen) atoms. The van der Waals surface area contributed by atoms with Gasteiger partial charge in [0.2, 0.25) is 0 Å². The molecule has 3 heterocycles. The van der Waals surface area contributed by atoms with E-state index in [1.54, 1.807) is 0 Å². The van der Waals surface area contributed by atoms with E-state index in [1.165, 1.54) is 53.3 Å². The molecule has 0 saturated carbocycles.